The molecular weight excluding hydrogens is 429 g/mol. The Morgan fingerprint density at radius 1 is 1.06 bits per heavy atom. The van der Waals surface area contributed by atoms with Crippen molar-refractivity contribution in [2.75, 3.05) is 19.4 Å². The smallest absolute Gasteiger partial charge is 0.406 e. The van der Waals surface area contributed by atoms with Crippen molar-refractivity contribution in [2.45, 2.75) is 6.36 Å². The molecule has 4 aromatic rings. The summed E-state index contributed by atoms with van der Waals surface area (Å²) in [5, 5.41) is 3.96. The molecule has 170 valence electrons. The summed E-state index contributed by atoms with van der Waals surface area (Å²) in [7, 11) is 5.87. The van der Waals surface area contributed by atoms with Gasteiger partial charge < -0.3 is 19.5 Å². The van der Waals surface area contributed by atoms with Gasteiger partial charge in [-0.1, -0.05) is 36.9 Å². The molecule has 0 radical (unpaired) electrons. The fraction of sp³-hybridized carbons (Fsp3) is 0.160. The van der Waals surface area contributed by atoms with Crippen LogP contribution in [0.3, 0.4) is 0 Å². The van der Waals surface area contributed by atoms with E-state index in [1.807, 2.05) is 62.4 Å². The number of halogens is 3. The molecule has 2 aromatic heterocycles. The summed E-state index contributed by atoms with van der Waals surface area (Å²) in [6.07, 6.45) is -3.09. The number of aromatic nitrogens is 2. The summed E-state index contributed by atoms with van der Waals surface area (Å²) in [6, 6.07) is 17.7. The Bertz CT molecular complexity index is 1310. The van der Waals surface area contributed by atoms with Crippen LogP contribution in [0.25, 0.3) is 27.9 Å². The van der Waals surface area contributed by atoms with Crippen molar-refractivity contribution in [3.63, 3.8) is 0 Å². The molecule has 33 heavy (non-hydrogen) atoms. The molecule has 0 saturated heterocycles. The molecule has 0 saturated carbocycles. The molecule has 4 rings (SSSR count). The first-order valence-electron chi connectivity index (χ1n) is 10.2. The predicted octanol–water partition coefficient (Wildman–Crippen LogP) is 6.41. The number of rotatable bonds is 6. The van der Waals surface area contributed by atoms with Crippen LogP contribution in [0.5, 0.6) is 5.75 Å². The minimum atomic E-state index is -4.75. The summed E-state index contributed by atoms with van der Waals surface area (Å²) >= 11 is 0. The first-order valence-corrected chi connectivity index (χ1v) is 10.2. The number of fused-ring (bicyclic) bond motifs is 1. The van der Waals surface area contributed by atoms with Crippen molar-refractivity contribution in [1.82, 2.24) is 14.5 Å². The Kier molecular flexibility index (Phi) is 5.76. The van der Waals surface area contributed by atoms with Crippen molar-refractivity contribution < 1.29 is 17.9 Å². The van der Waals surface area contributed by atoms with Crippen molar-refractivity contribution >= 4 is 28.1 Å². The van der Waals surface area contributed by atoms with Gasteiger partial charge in [-0.3, -0.25) is 0 Å². The van der Waals surface area contributed by atoms with Crippen molar-refractivity contribution in [1.29, 1.82) is 0 Å². The van der Waals surface area contributed by atoms with Crippen LogP contribution in [0.1, 0.15) is 5.56 Å². The van der Waals surface area contributed by atoms with Gasteiger partial charge >= 0.3 is 6.36 Å². The van der Waals surface area contributed by atoms with Crippen LogP contribution in [0, 0.1) is 0 Å². The number of benzene rings is 2. The second-order valence-electron chi connectivity index (χ2n) is 7.80. The largest absolute Gasteiger partial charge is 0.573 e. The van der Waals surface area contributed by atoms with Crippen LogP contribution in [0.4, 0.5) is 24.7 Å². The van der Waals surface area contributed by atoms with E-state index in [2.05, 4.69) is 26.2 Å². The number of aryl methyl sites for hydroxylation is 1. The Balaban J connectivity index is 1.67. The third-order valence-electron chi connectivity index (χ3n) is 5.35. The Morgan fingerprint density at radius 2 is 1.79 bits per heavy atom. The lowest BCUT2D eigenvalue weighted by Crippen LogP contribution is -2.17. The van der Waals surface area contributed by atoms with E-state index in [1.54, 1.807) is 12.3 Å². The van der Waals surface area contributed by atoms with Gasteiger partial charge in [0, 0.05) is 55.9 Å². The summed E-state index contributed by atoms with van der Waals surface area (Å²) < 4.78 is 43.8. The summed E-state index contributed by atoms with van der Waals surface area (Å²) in [5.41, 5.74) is 5.34. The van der Waals surface area contributed by atoms with E-state index in [0.717, 1.165) is 33.4 Å². The quantitative estimate of drug-likeness (QED) is 0.367. The first kappa shape index (κ1) is 22.3. The van der Waals surface area contributed by atoms with Crippen molar-refractivity contribution in [3.05, 3.63) is 79.0 Å². The molecule has 2 heterocycles. The van der Waals surface area contributed by atoms with Crippen LogP contribution in [0.2, 0.25) is 0 Å². The van der Waals surface area contributed by atoms with Crippen LogP contribution >= 0.6 is 0 Å². The van der Waals surface area contributed by atoms with Crippen LogP contribution in [-0.4, -0.2) is 34.9 Å². The van der Waals surface area contributed by atoms with Gasteiger partial charge in [0.15, 0.2) is 0 Å². The van der Waals surface area contributed by atoms with Crippen molar-refractivity contribution in [3.8, 4) is 17.0 Å². The van der Waals surface area contributed by atoms with E-state index in [0.29, 0.717) is 11.5 Å². The molecular formula is C25H23F3N4O. The summed E-state index contributed by atoms with van der Waals surface area (Å²) in [6.45, 7) is 4.09. The van der Waals surface area contributed by atoms with E-state index in [9.17, 15) is 13.2 Å². The van der Waals surface area contributed by atoms with E-state index >= 15 is 0 Å². The lowest BCUT2D eigenvalue weighted by atomic mass is 10.1. The number of hydrogen-bond acceptors (Lipinski definition) is 4. The summed E-state index contributed by atoms with van der Waals surface area (Å²) in [4.78, 5) is 6.37. The van der Waals surface area contributed by atoms with Crippen LogP contribution in [-0.2, 0) is 7.05 Å². The summed E-state index contributed by atoms with van der Waals surface area (Å²) in [5.74, 6) is 0.240. The third-order valence-corrected chi connectivity index (χ3v) is 5.35. The highest BCUT2D eigenvalue weighted by Gasteiger charge is 2.31. The number of hydrogen-bond donors (Lipinski definition) is 1. The number of anilines is 2. The third kappa shape index (κ3) is 4.79. The topological polar surface area (TPSA) is 42.3 Å². The fourth-order valence-corrected chi connectivity index (χ4v) is 3.64. The second-order valence-corrected chi connectivity index (χ2v) is 7.80. The minimum Gasteiger partial charge on any atom is -0.406 e. The zero-order chi connectivity index (χ0) is 23.8. The molecule has 0 aliphatic heterocycles. The molecule has 0 aliphatic carbocycles. The fourth-order valence-electron chi connectivity index (χ4n) is 3.64. The number of pyridine rings is 1. The Hall–Kier alpha value is -3.94. The normalized spacial score (nSPS) is 11.5. The van der Waals surface area contributed by atoms with E-state index in [4.69, 9.17) is 0 Å². The second kappa shape index (κ2) is 8.54. The predicted molar refractivity (Wildman–Crippen MR) is 125 cm³/mol. The highest BCUT2D eigenvalue weighted by atomic mass is 19.4. The number of nitrogens with one attached hydrogen (secondary N) is 1. The molecule has 0 unspecified atom stereocenters. The highest BCUT2D eigenvalue weighted by molar-refractivity contribution is 5.96. The molecule has 0 atom stereocenters. The van der Waals surface area contributed by atoms with Gasteiger partial charge in [-0.15, -0.1) is 13.2 Å². The maximum atomic E-state index is 12.6. The maximum Gasteiger partial charge on any atom is 0.573 e. The molecule has 8 heteroatoms. The Morgan fingerprint density at radius 3 is 2.45 bits per heavy atom. The van der Waals surface area contributed by atoms with E-state index in [-0.39, 0.29) is 5.75 Å². The van der Waals surface area contributed by atoms with Gasteiger partial charge in [-0.05, 0) is 35.4 Å². The van der Waals surface area contributed by atoms with E-state index in [1.165, 1.54) is 18.2 Å². The van der Waals surface area contributed by atoms with Gasteiger partial charge in [0.25, 0.3) is 0 Å². The molecule has 1 N–H and O–H groups in total. The highest BCUT2D eigenvalue weighted by Crippen LogP contribution is 2.33. The number of alkyl halides is 3. The minimum absolute atomic E-state index is 0.298. The van der Waals surface area contributed by atoms with Gasteiger partial charge in [0.1, 0.15) is 11.6 Å². The van der Waals surface area contributed by atoms with Crippen LogP contribution < -0.4 is 10.1 Å². The van der Waals surface area contributed by atoms with Gasteiger partial charge in [-0.2, -0.15) is 0 Å². The molecule has 2 aromatic carbocycles. The molecule has 5 nitrogen and oxygen atoms in total. The lowest BCUT2D eigenvalue weighted by Gasteiger charge is -2.16. The molecule has 0 fully saturated rings. The van der Waals surface area contributed by atoms with Gasteiger partial charge in [0.05, 0.1) is 5.52 Å². The molecule has 0 aliphatic rings. The average Bonchev–Trinajstić information content (AvgIpc) is 3.10. The molecule has 0 spiro atoms. The maximum absolute atomic E-state index is 12.6. The Labute approximate surface area is 189 Å². The zero-order valence-corrected chi connectivity index (χ0v) is 18.4. The van der Waals surface area contributed by atoms with Crippen molar-refractivity contribution in [2.24, 2.45) is 7.05 Å². The first-order chi connectivity index (χ1) is 15.6. The standard InChI is InChI=1S/C25H23F3N4O/c1-16(31(2)3)17-8-10-18(11-9-17)23-15-21-22(32(23)4)12-13-29-24(21)30-19-6-5-7-20(14-19)33-25(26,27)28/h5-15H,1H2,2-4H3,(H,29,30). The molecule has 0 amide bonds. The SMILES string of the molecule is C=C(c1ccc(-c2cc3c(Nc4cccc(OC(F)(F)F)c4)nccc3n2C)cc1)N(C)C. The number of ether oxygens (including phenoxy) is 1. The average molecular weight is 452 g/mol. The number of nitrogens with zero attached hydrogens (tertiary/aromatic N) is 3. The zero-order valence-electron chi connectivity index (χ0n) is 18.4. The van der Waals surface area contributed by atoms with Gasteiger partial charge in [-0.25, -0.2) is 4.98 Å². The monoisotopic (exact) mass is 452 g/mol. The van der Waals surface area contributed by atoms with E-state index < -0.39 is 6.36 Å². The molecule has 0 bridgehead atoms. The lowest BCUT2D eigenvalue weighted by molar-refractivity contribution is -0.274. The van der Waals surface area contributed by atoms with Crippen LogP contribution in [0.15, 0.2) is 73.4 Å². The van der Waals surface area contributed by atoms with Gasteiger partial charge in [0.2, 0.25) is 0 Å².